The Morgan fingerprint density at radius 3 is 1.78 bits per heavy atom. The van der Waals surface area contributed by atoms with Gasteiger partial charge in [0.1, 0.15) is 0 Å². The molecule has 109 valence electrons. The molecule has 18 heavy (non-hydrogen) atoms. The van der Waals surface area contributed by atoms with Gasteiger partial charge in [0.15, 0.2) is 0 Å². The molecule has 0 spiro atoms. The molecule has 0 bridgehead atoms. The van der Waals surface area contributed by atoms with Gasteiger partial charge < -0.3 is 23.0 Å². The summed E-state index contributed by atoms with van der Waals surface area (Å²) in [6, 6.07) is 0. The van der Waals surface area contributed by atoms with Crippen LogP contribution in [-0.2, 0) is 0 Å². The predicted octanol–water partition coefficient (Wildman–Crippen LogP) is 3.92. The molecule has 1 fully saturated rings. The van der Waals surface area contributed by atoms with Gasteiger partial charge in [0.25, 0.3) is 0 Å². The molecule has 1 rings (SSSR count). The molecule has 3 nitrogen and oxygen atoms in total. The van der Waals surface area contributed by atoms with Crippen LogP contribution in [0, 0.1) is 48.9 Å². The first-order chi connectivity index (χ1) is 7.70. The second-order valence-corrected chi connectivity index (χ2v) is 4.63. The fourth-order valence-electron chi connectivity index (χ4n) is 1.98. The molecule has 0 heterocycles. The van der Waals surface area contributed by atoms with Crippen molar-refractivity contribution in [1.82, 2.24) is 4.90 Å². The molecule has 0 aliphatic heterocycles. The van der Waals surface area contributed by atoms with Gasteiger partial charge in [-0.2, -0.15) is 13.1 Å². The molecule has 0 aromatic carbocycles. The molecule has 1 saturated carbocycles. The zero-order valence-corrected chi connectivity index (χ0v) is 16.8. The Hall–Kier alpha value is 1.07. The maximum Gasteiger partial charge on any atom is 0.000356 e. The SMILES string of the molecule is CC[N-]C[N-]CC.CN(C)CC1CCCC1.[CH3-].[La]. The molecule has 0 atom stereocenters. The monoisotopic (exact) mass is 381 g/mol. The first-order valence-electron chi connectivity index (χ1n) is 6.61. The van der Waals surface area contributed by atoms with Crippen LogP contribution in [0.15, 0.2) is 0 Å². The van der Waals surface area contributed by atoms with Gasteiger partial charge in [-0.05, 0) is 32.9 Å². The van der Waals surface area contributed by atoms with E-state index in [0.717, 1.165) is 19.0 Å². The molecule has 1 aliphatic carbocycles. The Bertz CT molecular complexity index is 133. The van der Waals surface area contributed by atoms with Crippen molar-refractivity contribution in [3.8, 4) is 0 Å². The van der Waals surface area contributed by atoms with Gasteiger partial charge in [0.05, 0.1) is 0 Å². The van der Waals surface area contributed by atoms with Crippen LogP contribution in [0.2, 0.25) is 0 Å². The van der Waals surface area contributed by atoms with E-state index in [2.05, 4.69) is 29.6 Å². The summed E-state index contributed by atoms with van der Waals surface area (Å²) in [5, 5.41) is 7.99. The van der Waals surface area contributed by atoms with Crippen molar-refractivity contribution in [1.29, 1.82) is 0 Å². The van der Waals surface area contributed by atoms with Crippen LogP contribution in [0.25, 0.3) is 10.6 Å². The van der Waals surface area contributed by atoms with Gasteiger partial charge in [-0.1, -0.05) is 26.7 Å². The maximum absolute atomic E-state index is 3.99. The minimum atomic E-state index is 0. The molecule has 0 amide bonds. The quantitative estimate of drug-likeness (QED) is 0.507. The van der Waals surface area contributed by atoms with Crippen LogP contribution < -0.4 is 0 Å². The van der Waals surface area contributed by atoms with Crippen LogP contribution in [0.5, 0.6) is 0 Å². The van der Waals surface area contributed by atoms with E-state index >= 15 is 0 Å². The number of hydrogen-bond donors (Lipinski definition) is 0. The molecule has 1 radical (unpaired) electrons. The topological polar surface area (TPSA) is 31.4 Å². The first kappa shape index (κ1) is 24.1. The number of nitrogens with zero attached hydrogens (tertiary/aromatic N) is 3. The van der Waals surface area contributed by atoms with E-state index < -0.39 is 0 Å². The number of rotatable bonds is 6. The average Bonchev–Trinajstić information content (AvgIpc) is 2.71. The third-order valence-corrected chi connectivity index (χ3v) is 2.75. The minimum absolute atomic E-state index is 0. The van der Waals surface area contributed by atoms with E-state index in [1.807, 2.05) is 13.8 Å². The zero-order valence-electron chi connectivity index (χ0n) is 13.2. The third kappa shape index (κ3) is 17.1. The molecular weight excluding hydrogens is 349 g/mol. The Balaban J connectivity index is -0.000000232. The van der Waals surface area contributed by atoms with Crippen molar-refractivity contribution in [3.63, 3.8) is 0 Å². The summed E-state index contributed by atoms with van der Waals surface area (Å²) in [6.45, 7) is 7.82. The largest absolute Gasteiger partial charge is 0.681 e. The Morgan fingerprint density at radius 2 is 1.44 bits per heavy atom. The van der Waals surface area contributed by atoms with E-state index in [4.69, 9.17) is 0 Å². The van der Waals surface area contributed by atoms with E-state index in [1.54, 1.807) is 0 Å². The molecule has 0 N–H and O–H groups in total. The van der Waals surface area contributed by atoms with Crippen molar-refractivity contribution >= 4 is 0 Å². The van der Waals surface area contributed by atoms with E-state index in [1.165, 1.54) is 32.2 Å². The van der Waals surface area contributed by atoms with Crippen LogP contribution in [0.4, 0.5) is 0 Å². The van der Waals surface area contributed by atoms with Crippen molar-refractivity contribution < 1.29 is 35.6 Å². The molecule has 0 aromatic rings. The second kappa shape index (κ2) is 18.1. The summed E-state index contributed by atoms with van der Waals surface area (Å²) in [5.74, 6) is 1.01. The van der Waals surface area contributed by atoms with Gasteiger partial charge in [0.2, 0.25) is 0 Å². The fourth-order valence-corrected chi connectivity index (χ4v) is 1.98. The van der Waals surface area contributed by atoms with Crippen LogP contribution >= 0.6 is 0 Å². The zero-order chi connectivity index (χ0) is 12.2. The Kier molecular flexibility index (Phi) is 24.2. The number of hydrogen-bond acceptors (Lipinski definition) is 1. The van der Waals surface area contributed by atoms with Gasteiger partial charge in [-0.15, -0.1) is 0 Å². The van der Waals surface area contributed by atoms with Crippen LogP contribution in [0.1, 0.15) is 39.5 Å². The van der Waals surface area contributed by atoms with Crippen molar-refractivity contribution in [2.75, 3.05) is 40.4 Å². The summed E-state index contributed by atoms with van der Waals surface area (Å²) in [4.78, 5) is 2.30. The molecule has 4 heteroatoms. The normalized spacial score (nSPS) is 14.5. The van der Waals surface area contributed by atoms with Crippen LogP contribution in [0.3, 0.4) is 0 Å². The van der Waals surface area contributed by atoms with Crippen LogP contribution in [-0.4, -0.2) is 45.3 Å². The Labute approximate surface area is 143 Å². The molecular formula is C14H32LaN3-3. The van der Waals surface area contributed by atoms with E-state index in [-0.39, 0.29) is 43.0 Å². The van der Waals surface area contributed by atoms with Crippen molar-refractivity contribution in [3.05, 3.63) is 18.1 Å². The first-order valence-corrected chi connectivity index (χ1v) is 6.61. The van der Waals surface area contributed by atoms with Gasteiger partial charge in [-0.25, -0.2) is 0 Å². The van der Waals surface area contributed by atoms with Crippen molar-refractivity contribution in [2.45, 2.75) is 39.5 Å². The summed E-state index contributed by atoms with van der Waals surface area (Å²) in [7, 11) is 4.33. The van der Waals surface area contributed by atoms with Gasteiger partial charge in [-0.3, -0.25) is 6.67 Å². The maximum atomic E-state index is 3.99. The average molecular weight is 381 g/mol. The summed E-state index contributed by atoms with van der Waals surface area (Å²) < 4.78 is 0. The molecule has 1 aliphatic rings. The second-order valence-electron chi connectivity index (χ2n) is 4.63. The molecule has 0 unspecified atom stereocenters. The smallest absolute Gasteiger partial charge is 0.000356 e. The fraction of sp³-hybridized carbons (Fsp3) is 0.929. The minimum Gasteiger partial charge on any atom is -0.681 e. The van der Waals surface area contributed by atoms with E-state index in [0.29, 0.717) is 6.67 Å². The summed E-state index contributed by atoms with van der Waals surface area (Å²) >= 11 is 0. The predicted molar refractivity (Wildman–Crippen MR) is 79.6 cm³/mol. The molecule has 0 aromatic heterocycles. The van der Waals surface area contributed by atoms with E-state index in [9.17, 15) is 0 Å². The summed E-state index contributed by atoms with van der Waals surface area (Å²) in [5.41, 5.74) is 0. The Morgan fingerprint density at radius 1 is 1.00 bits per heavy atom. The van der Waals surface area contributed by atoms with Crippen molar-refractivity contribution in [2.24, 2.45) is 5.92 Å². The summed E-state index contributed by atoms with van der Waals surface area (Å²) in [6.07, 6.45) is 5.88. The van der Waals surface area contributed by atoms with Gasteiger partial charge in [0, 0.05) is 42.1 Å². The third-order valence-electron chi connectivity index (χ3n) is 2.75. The standard InChI is InChI=1S/C8H17N.C5H12N2.CH3.La/c1-9(2)7-8-5-3-4-6-8;1-3-6-5-7-4-2;;/h8H,3-7H2,1-2H3;3-5H2,1-2H3;1H3;/q;-2;-1;. The molecule has 0 saturated heterocycles. The van der Waals surface area contributed by atoms with Gasteiger partial charge >= 0.3 is 0 Å².